The Morgan fingerprint density at radius 1 is 1.03 bits per heavy atom. The molecule has 0 fully saturated rings. The predicted octanol–water partition coefficient (Wildman–Crippen LogP) is 2.71. The number of anilines is 1. The van der Waals surface area contributed by atoms with Gasteiger partial charge in [-0.05, 0) is 24.3 Å². The zero-order valence-electron chi connectivity index (χ0n) is 16.7. The SMILES string of the molecule is COc1cccc(C(=O)NCCc2nnc(NC(=O)Cc3ccccc3OC)s2)c1. The third-order valence-corrected chi connectivity index (χ3v) is 5.11. The van der Waals surface area contributed by atoms with E-state index in [9.17, 15) is 9.59 Å². The maximum Gasteiger partial charge on any atom is 0.251 e. The lowest BCUT2D eigenvalue weighted by Gasteiger charge is -2.07. The van der Waals surface area contributed by atoms with E-state index < -0.39 is 0 Å². The highest BCUT2D eigenvalue weighted by Gasteiger charge is 2.12. The van der Waals surface area contributed by atoms with E-state index in [1.54, 1.807) is 38.5 Å². The number of hydrogen-bond acceptors (Lipinski definition) is 7. The molecule has 0 saturated heterocycles. The molecule has 2 amide bonds. The van der Waals surface area contributed by atoms with Gasteiger partial charge in [0.05, 0.1) is 20.6 Å². The largest absolute Gasteiger partial charge is 0.497 e. The molecule has 156 valence electrons. The molecule has 0 atom stereocenters. The molecule has 0 bridgehead atoms. The van der Waals surface area contributed by atoms with Crippen LogP contribution in [0, 0.1) is 0 Å². The second-order valence-corrected chi connectivity index (χ2v) is 7.34. The number of amides is 2. The summed E-state index contributed by atoms with van der Waals surface area (Å²) in [4.78, 5) is 24.5. The topological polar surface area (TPSA) is 102 Å². The Kier molecular flexibility index (Phi) is 7.34. The van der Waals surface area contributed by atoms with E-state index in [1.165, 1.54) is 11.3 Å². The number of benzene rings is 2. The fourth-order valence-corrected chi connectivity index (χ4v) is 3.50. The monoisotopic (exact) mass is 426 g/mol. The molecule has 0 unspecified atom stereocenters. The predicted molar refractivity (Wildman–Crippen MR) is 114 cm³/mol. The molecule has 0 aliphatic carbocycles. The summed E-state index contributed by atoms with van der Waals surface area (Å²) in [7, 11) is 3.13. The van der Waals surface area contributed by atoms with Crippen molar-refractivity contribution in [2.24, 2.45) is 0 Å². The van der Waals surface area contributed by atoms with Gasteiger partial charge in [0.2, 0.25) is 11.0 Å². The van der Waals surface area contributed by atoms with Crippen molar-refractivity contribution in [3.8, 4) is 11.5 Å². The molecule has 2 N–H and O–H groups in total. The standard InChI is InChI=1S/C21H22N4O4S/c1-28-16-8-5-7-15(12-16)20(27)22-11-10-19-24-25-21(30-19)23-18(26)13-14-6-3-4-9-17(14)29-2/h3-9,12H,10-11,13H2,1-2H3,(H,22,27)(H,23,25,26). The van der Waals surface area contributed by atoms with Gasteiger partial charge in [0.25, 0.3) is 5.91 Å². The second-order valence-electron chi connectivity index (χ2n) is 6.28. The molecule has 0 saturated carbocycles. The summed E-state index contributed by atoms with van der Waals surface area (Å²) >= 11 is 1.28. The summed E-state index contributed by atoms with van der Waals surface area (Å²) in [5.41, 5.74) is 1.32. The second kappa shape index (κ2) is 10.4. The van der Waals surface area contributed by atoms with Gasteiger partial charge in [-0.3, -0.25) is 9.59 Å². The van der Waals surface area contributed by atoms with Crippen molar-refractivity contribution in [3.63, 3.8) is 0 Å². The molecular weight excluding hydrogens is 404 g/mol. The first-order valence-electron chi connectivity index (χ1n) is 9.25. The van der Waals surface area contributed by atoms with Crippen molar-refractivity contribution in [2.45, 2.75) is 12.8 Å². The highest BCUT2D eigenvalue weighted by Crippen LogP contribution is 2.20. The van der Waals surface area contributed by atoms with E-state index in [4.69, 9.17) is 9.47 Å². The Hall–Kier alpha value is -3.46. The molecule has 30 heavy (non-hydrogen) atoms. The highest BCUT2D eigenvalue weighted by molar-refractivity contribution is 7.15. The number of ether oxygens (including phenoxy) is 2. The van der Waals surface area contributed by atoms with Crippen LogP contribution < -0.4 is 20.1 Å². The maximum absolute atomic E-state index is 12.3. The first kappa shape index (κ1) is 21.3. The lowest BCUT2D eigenvalue weighted by molar-refractivity contribution is -0.115. The summed E-state index contributed by atoms with van der Waals surface area (Å²) in [5, 5.41) is 14.8. The zero-order chi connectivity index (χ0) is 21.3. The Bertz CT molecular complexity index is 1020. The van der Waals surface area contributed by atoms with Gasteiger partial charge in [0.15, 0.2) is 0 Å². The molecule has 9 heteroatoms. The number of methoxy groups -OCH3 is 2. The van der Waals surface area contributed by atoms with Crippen LogP contribution in [0.3, 0.4) is 0 Å². The summed E-state index contributed by atoms with van der Waals surface area (Å²) in [5.74, 6) is 0.898. The van der Waals surface area contributed by atoms with Crippen molar-refractivity contribution >= 4 is 28.3 Å². The van der Waals surface area contributed by atoms with Gasteiger partial charge in [0.1, 0.15) is 16.5 Å². The van der Waals surface area contributed by atoms with Crippen LogP contribution in [-0.2, 0) is 17.6 Å². The maximum atomic E-state index is 12.3. The van der Waals surface area contributed by atoms with Gasteiger partial charge < -0.3 is 20.1 Å². The molecule has 0 spiro atoms. The van der Waals surface area contributed by atoms with Crippen LogP contribution in [-0.4, -0.2) is 42.8 Å². The van der Waals surface area contributed by atoms with Crippen LogP contribution in [0.15, 0.2) is 48.5 Å². The summed E-state index contributed by atoms with van der Waals surface area (Å²) in [6.45, 7) is 0.403. The first-order chi connectivity index (χ1) is 14.6. The minimum absolute atomic E-state index is 0.176. The molecule has 3 rings (SSSR count). The summed E-state index contributed by atoms with van der Waals surface area (Å²) < 4.78 is 10.4. The number of carbonyl (C=O) groups excluding carboxylic acids is 2. The van der Waals surface area contributed by atoms with Crippen molar-refractivity contribution in [2.75, 3.05) is 26.1 Å². The van der Waals surface area contributed by atoms with Gasteiger partial charge in [-0.2, -0.15) is 0 Å². The lowest BCUT2D eigenvalue weighted by Crippen LogP contribution is -2.25. The van der Waals surface area contributed by atoms with E-state index in [0.29, 0.717) is 40.2 Å². The van der Waals surface area contributed by atoms with Crippen LogP contribution >= 0.6 is 11.3 Å². The van der Waals surface area contributed by atoms with Gasteiger partial charge in [-0.15, -0.1) is 10.2 Å². The number of nitrogens with zero attached hydrogens (tertiary/aromatic N) is 2. The van der Waals surface area contributed by atoms with E-state index in [1.807, 2.05) is 24.3 Å². The molecule has 0 radical (unpaired) electrons. The van der Waals surface area contributed by atoms with Crippen molar-refractivity contribution in [1.82, 2.24) is 15.5 Å². The minimum atomic E-state index is -0.200. The Morgan fingerprint density at radius 3 is 2.67 bits per heavy atom. The fraction of sp³-hybridized carbons (Fsp3) is 0.238. The minimum Gasteiger partial charge on any atom is -0.497 e. The Morgan fingerprint density at radius 2 is 1.87 bits per heavy atom. The van der Waals surface area contributed by atoms with Crippen molar-refractivity contribution in [1.29, 1.82) is 0 Å². The van der Waals surface area contributed by atoms with Gasteiger partial charge in [-0.25, -0.2) is 0 Å². The van der Waals surface area contributed by atoms with Gasteiger partial charge >= 0.3 is 0 Å². The van der Waals surface area contributed by atoms with Crippen molar-refractivity contribution in [3.05, 3.63) is 64.7 Å². The molecule has 2 aromatic carbocycles. The van der Waals surface area contributed by atoms with Gasteiger partial charge in [-0.1, -0.05) is 35.6 Å². The third-order valence-electron chi connectivity index (χ3n) is 4.21. The van der Waals surface area contributed by atoms with E-state index in [-0.39, 0.29) is 18.2 Å². The molecule has 1 heterocycles. The van der Waals surface area contributed by atoms with E-state index in [0.717, 1.165) is 5.56 Å². The smallest absolute Gasteiger partial charge is 0.251 e. The number of carbonyl (C=O) groups is 2. The fourth-order valence-electron chi connectivity index (χ4n) is 2.74. The lowest BCUT2D eigenvalue weighted by atomic mass is 10.1. The van der Waals surface area contributed by atoms with Crippen LogP contribution in [0.4, 0.5) is 5.13 Å². The first-order valence-corrected chi connectivity index (χ1v) is 10.1. The normalized spacial score (nSPS) is 10.3. The Balaban J connectivity index is 1.47. The zero-order valence-corrected chi connectivity index (χ0v) is 17.5. The average molecular weight is 426 g/mol. The van der Waals surface area contributed by atoms with Crippen LogP contribution in [0.25, 0.3) is 0 Å². The third kappa shape index (κ3) is 5.77. The number of hydrogen-bond donors (Lipinski definition) is 2. The van der Waals surface area contributed by atoms with Crippen LogP contribution in [0.5, 0.6) is 11.5 Å². The highest BCUT2D eigenvalue weighted by atomic mass is 32.1. The Labute approximate surface area is 178 Å². The number of rotatable bonds is 9. The molecular formula is C21H22N4O4S. The van der Waals surface area contributed by atoms with Crippen molar-refractivity contribution < 1.29 is 19.1 Å². The van der Waals surface area contributed by atoms with Crippen LogP contribution in [0.2, 0.25) is 0 Å². The molecule has 1 aromatic heterocycles. The van der Waals surface area contributed by atoms with Crippen LogP contribution in [0.1, 0.15) is 20.9 Å². The average Bonchev–Trinajstić information content (AvgIpc) is 3.21. The number of aromatic nitrogens is 2. The van der Waals surface area contributed by atoms with E-state index >= 15 is 0 Å². The quantitative estimate of drug-likeness (QED) is 0.545. The van der Waals surface area contributed by atoms with Gasteiger partial charge in [0, 0.05) is 24.1 Å². The molecule has 0 aliphatic rings. The van der Waals surface area contributed by atoms with E-state index in [2.05, 4.69) is 20.8 Å². The molecule has 3 aromatic rings. The molecule has 8 nitrogen and oxygen atoms in total. The molecule has 0 aliphatic heterocycles. The number of nitrogens with one attached hydrogen (secondary N) is 2. The summed E-state index contributed by atoms with van der Waals surface area (Å²) in [6, 6.07) is 14.3. The number of para-hydroxylation sites is 1. The summed E-state index contributed by atoms with van der Waals surface area (Å²) in [6.07, 6.45) is 0.686.